The molecule has 2 aromatic carbocycles. The summed E-state index contributed by atoms with van der Waals surface area (Å²) in [6.07, 6.45) is 5.40. The molecule has 0 bridgehead atoms. The molecular formula is C29H32ClN5O4S. The number of hydrogen-bond donors (Lipinski definition) is 2. The molecule has 0 radical (unpaired) electrons. The van der Waals surface area contributed by atoms with Crippen molar-refractivity contribution in [3.63, 3.8) is 0 Å². The first-order chi connectivity index (χ1) is 19.0. The molecule has 0 aliphatic rings. The minimum Gasteiger partial charge on any atom is -0.492 e. The number of rotatable bonds is 10. The van der Waals surface area contributed by atoms with Crippen molar-refractivity contribution in [2.75, 3.05) is 37.7 Å². The van der Waals surface area contributed by atoms with Gasteiger partial charge in [0.05, 0.1) is 17.0 Å². The molecule has 0 aliphatic carbocycles. The maximum absolute atomic E-state index is 12.6. The predicted octanol–water partition coefficient (Wildman–Crippen LogP) is 5.30. The Bertz CT molecular complexity index is 1810. The van der Waals surface area contributed by atoms with Gasteiger partial charge in [0, 0.05) is 60.1 Å². The van der Waals surface area contributed by atoms with Crippen LogP contribution in [0, 0.1) is 0 Å². The summed E-state index contributed by atoms with van der Waals surface area (Å²) < 4.78 is 37.8. The van der Waals surface area contributed by atoms with Gasteiger partial charge in [-0.05, 0) is 74.6 Å². The number of anilines is 1. The Kier molecular flexibility index (Phi) is 7.67. The smallest absolute Gasteiger partial charge is 0.236 e. The Morgan fingerprint density at radius 1 is 1.12 bits per heavy atom. The lowest BCUT2D eigenvalue weighted by atomic mass is 10.0. The van der Waals surface area contributed by atoms with E-state index < -0.39 is 10.0 Å². The fraction of sp³-hybridized carbons (Fsp3) is 0.276. The molecule has 0 spiro atoms. The van der Waals surface area contributed by atoms with Crippen LogP contribution >= 0.6 is 11.6 Å². The van der Waals surface area contributed by atoms with Crippen molar-refractivity contribution in [3.8, 4) is 22.8 Å². The fourth-order valence-electron chi connectivity index (χ4n) is 4.82. The van der Waals surface area contributed by atoms with Crippen LogP contribution in [0.1, 0.15) is 12.5 Å². The zero-order chi connectivity index (χ0) is 28.6. The Balaban J connectivity index is 1.61. The minimum atomic E-state index is -3.53. The molecule has 5 aromatic rings. The average Bonchev–Trinajstić information content (AvgIpc) is 3.45. The highest BCUT2D eigenvalue weighted by Gasteiger charge is 2.18. The number of aromatic nitrogens is 3. The van der Waals surface area contributed by atoms with E-state index in [1.54, 1.807) is 19.2 Å². The molecule has 40 heavy (non-hydrogen) atoms. The van der Waals surface area contributed by atoms with E-state index in [1.165, 1.54) is 0 Å². The van der Waals surface area contributed by atoms with Crippen LogP contribution in [-0.2, 0) is 23.6 Å². The van der Waals surface area contributed by atoms with Gasteiger partial charge in [0.1, 0.15) is 17.9 Å². The van der Waals surface area contributed by atoms with Gasteiger partial charge >= 0.3 is 0 Å². The number of sulfonamides is 1. The molecule has 0 fully saturated rings. The number of nitrogens with one attached hydrogen (secondary N) is 1. The number of aromatic hydroxyl groups is 1. The van der Waals surface area contributed by atoms with E-state index in [4.69, 9.17) is 16.3 Å². The number of pyridine rings is 1. The van der Waals surface area contributed by atoms with E-state index in [9.17, 15) is 13.5 Å². The Morgan fingerprint density at radius 2 is 1.93 bits per heavy atom. The first kappa shape index (κ1) is 27.8. The first-order valence-corrected chi connectivity index (χ1v) is 14.9. The van der Waals surface area contributed by atoms with Crippen LogP contribution in [0.3, 0.4) is 0 Å². The van der Waals surface area contributed by atoms with E-state index in [2.05, 4.69) is 14.3 Å². The molecule has 0 aliphatic heterocycles. The Morgan fingerprint density at radius 3 is 2.67 bits per heavy atom. The second kappa shape index (κ2) is 11.0. The third kappa shape index (κ3) is 5.74. The quantitative estimate of drug-likeness (QED) is 0.232. The van der Waals surface area contributed by atoms with E-state index >= 15 is 0 Å². The molecule has 11 heteroatoms. The highest BCUT2D eigenvalue weighted by Crippen LogP contribution is 2.38. The van der Waals surface area contributed by atoms with Crippen molar-refractivity contribution in [1.82, 2.24) is 19.0 Å². The van der Waals surface area contributed by atoms with Gasteiger partial charge in [-0.15, -0.1) is 0 Å². The van der Waals surface area contributed by atoms with Crippen molar-refractivity contribution >= 4 is 49.1 Å². The third-order valence-corrected chi connectivity index (χ3v) is 8.32. The van der Waals surface area contributed by atoms with Crippen molar-refractivity contribution in [1.29, 1.82) is 0 Å². The number of fused-ring (bicyclic) bond motifs is 2. The molecule has 0 saturated carbocycles. The van der Waals surface area contributed by atoms with Crippen LogP contribution in [0.25, 0.3) is 32.9 Å². The number of nitrogens with zero attached hydrogens (tertiary/aromatic N) is 4. The van der Waals surface area contributed by atoms with Gasteiger partial charge in [-0.2, -0.15) is 0 Å². The van der Waals surface area contributed by atoms with E-state index in [0.717, 1.165) is 39.5 Å². The summed E-state index contributed by atoms with van der Waals surface area (Å²) in [4.78, 5) is 6.06. The van der Waals surface area contributed by atoms with Crippen LogP contribution in [0.4, 0.5) is 5.69 Å². The van der Waals surface area contributed by atoms with Crippen molar-refractivity contribution < 1.29 is 18.3 Å². The second-order valence-electron chi connectivity index (χ2n) is 10.0. The maximum atomic E-state index is 12.6. The van der Waals surface area contributed by atoms with E-state index in [-0.39, 0.29) is 11.6 Å². The van der Waals surface area contributed by atoms with Gasteiger partial charge in [0.25, 0.3) is 0 Å². The monoisotopic (exact) mass is 581 g/mol. The number of likely N-dealkylation sites (N-methyl/N-ethyl adjacent to an activating group) is 1. The van der Waals surface area contributed by atoms with Crippen LogP contribution in [0.15, 0.2) is 61.1 Å². The lowest BCUT2D eigenvalue weighted by molar-refractivity contribution is 0.261. The second-order valence-corrected chi connectivity index (χ2v) is 12.5. The number of hydrogen-bond acceptors (Lipinski definition) is 6. The number of halogens is 1. The van der Waals surface area contributed by atoms with Gasteiger partial charge in [-0.3, -0.25) is 4.72 Å². The Hall–Kier alpha value is -3.73. The predicted molar refractivity (Wildman–Crippen MR) is 161 cm³/mol. The van der Waals surface area contributed by atoms with E-state index in [1.807, 2.05) is 79.4 Å². The first-order valence-electron chi connectivity index (χ1n) is 12.9. The summed E-state index contributed by atoms with van der Waals surface area (Å²) in [5.41, 5.74) is 4.53. The lowest BCUT2D eigenvalue weighted by Crippen LogP contribution is -2.19. The summed E-state index contributed by atoms with van der Waals surface area (Å²) in [6.45, 7) is 3.43. The zero-order valence-electron chi connectivity index (χ0n) is 22.8. The van der Waals surface area contributed by atoms with E-state index in [0.29, 0.717) is 35.1 Å². The fourth-order valence-corrected chi connectivity index (χ4v) is 5.71. The summed E-state index contributed by atoms with van der Waals surface area (Å²) in [6, 6.07) is 13.3. The molecule has 9 nitrogen and oxygen atoms in total. The van der Waals surface area contributed by atoms with Gasteiger partial charge in [0.15, 0.2) is 0 Å². The summed E-state index contributed by atoms with van der Waals surface area (Å²) in [5, 5.41) is 12.5. The zero-order valence-corrected chi connectivity index (χ0v) is 24.4. The lowest BCUT2D eigenvalue weighted by Gasteiger charge is -2.14. The van der Waals surface area contributed by atoms with Crippen LogP contribution in [0.2, 0.25) is 5.02 Å². The summed E-state index contributed by atoms with van der Waals surface area (Å²) in [7, 11) is 2.29. The number of ether oxygens (including phenoxy) is 1. The minimum absolute atomic E-state index is 0.0493. The molecule has 210 valence electrons. The SMILES string of the molecule is CCS(=O)(=O)Nc1cc(-c2cn(C)c3c(O)nccc23)cc2c1ccn2Cc1cc(Cl)cc(OCCN(C)C)c1. The van der Waals surface area contributed by atoms with Crippen molar-refractivity contribution in [2.24, 2.45) is 7.05 Å². The topological polar surface area (TPSA) is 102 Å². The highest BCUT2D eigenvalue weighted by molar-refractivity contribution is 7.92. The largest absolute Gasteiger partial charge is 0.492 e. The number of aryl methyl sites for hydroxylation is 1. The highest BCUT2D eigenvalue weighted by atomic mass is 35.5. The average molecular weight is 582 g/mol. The normalized spacial score (nSPS) is 12.1. The van der Waals surface area contributed by atoms with Crippen molar-refractivity contribution in [3.05, 3.63) is 71.6 Å². The van der Waals surface area contributed by atoms with Crippen LogP contribution in [-0.4, -0.2) is 65.5 Å². The maximum Gasteiger partial charge on any atom is 0.236 e. The van der Waals surface area contributed by atoms with Gasteiger partial charge in [-0.25, -0.2) is 13.4 Å². The number of benzene rings is 2. The van der Waals surface area contributed by atoms with Gasteiger partial charge < -0.3 is 23.9 Å². The molecule has 0 atom stereocenters. The summed E-state index contributed by atoms with van der Waals surface area (Å²) in [5.74, 6) is 0.584. The molecule has 0 saturated heterocycles. The summed E-state index contributed by atoms with van der Waals surface area (Å²) >= 11 is 6.44. The van der Waals surface area contributed by atoms with Crippen molar-refractivity contribution in [2.45, 2.75) is 13.5 Å². The third-order valence-electron chi connectivity index (χ3n) is 6.81. The molecule has 3 aromatic heterocycles. The standard InChI is InChI=1S/C29H32ClN5O4S/c1-5-40(37,38)32-26-14-20(25-18-34(4)28-23(25)6-8-31-29(28)36)15-27-24(26)7-9-35(27)17-19-12-21(30)16-22(13-19)39-11-10-33(2)3/h6-9,12-16,18,32H,5,10-11,17H2,1-4H3,(H,31,36). The van der Waals surface area contributed by atoms with Crippen LogP contribution < -0.4 is 9.46 Å². The van der Waals surface area contributed by atoms with Crippen LogP contribution in [0.5, 0.6) is 11.6 Å². The molecular weight excluding hydrogens is 550 g/mol. The van der Waals surface area contributed by atoms with Gasteiger partial charge in [-0.1, -0.05) is 11.6 Å². The molecule has 3 heterocycles. The Labute approximate surface area is 238 Å². The molecule has 0 amide bonds. The van der Waals surface area contributed by atoms with Gasteiger partial charge in [0.2, 0.25) is 15.9 Å². The molecule has 2 N–H and O–H groups in total. The molecule has 5 rings (SSSR count). The molecule has 0 unspecified atom stereocenters.